The van der Waals surface area contributed by atoms with Crippen LogP contribution in [0.15, 0.2) is 76.7 Å². The normalized spacial score (nSPS) is 15.0. The van der Waals surface area contributed by atoms with Gasteiger partial charge in [-0.2, -0.15) is 5.26 Å². The smallest absolute Gasteiger partial charge is 0.379 e. The molecule has 1 aliphatic rings. The highest BCUT2D eigenvalue weighted by Crippen LogP contribution is 2.43. The predicted octanol–water partition coefficient (Wildman–Crippen LogP) is 3.63. The maximum Gasteiger partial charge on any atom is 0.379 e. The van der Waals surface area contributed by atoms with Gasteiger partial charge in [-0.05, 0) is 23.8 Å². The number of carbonyl (C=O) groups is 1. The minimum Gasteiger partial charge on any atom is -0.457 e. The molecule has 148 valence electrons. The van der Waals surface area contributed by atoms with Gasteiger partial charge in [0.05, 0.1) is 17.1 Å². The highest BCUT2D eigenvalue weighted by molar-refractivity contribution is 5.88. The molecule has 2 aromatic carbocycles. The van der Waals surface area contributed by atoms with Crippen molar-refractivity contribution in [2.45, 2.75) is 5.92 Å². The summed E-state index contributed by atoms with van der Waals surface area (Å²) in [6.45, 7) is 0. The van der Waals surface area contributed by atoms with Gasteiger partial charge in [-0.25, -0.2) is 4.79 Å². The SMILES string of the molecule is N#CC1=C(N)Oc2cc(OC(=O)c3ccco3)ccc2C1c1ccc([N+](=O)[O-])cc1. The number of benzene rings is 2. The Balaban J connectivity index is 1.71. The monoisotopic (exact) mass is 403 g/mol. The van der Waals surface area contributed by atoms with Crippen LogP contribution in [0, 0.1) is 21.4 Å². The van der Waals surface area contributed by atoms with Crippen LogP contribution in [0.3, 0.4) is 0 Å². The van der Waals surface area contributed by atoms with Crippen LogP contribution < -0.4 is 15.2 Å². The number of esters is 1. The van der Waals surface area contributed by atoms with Gasteiger partial charge in [0.15, 0.2) is 0 Å². The second kappa shape index (κ2) is 7.44. The molecule has 0 spiro atoms. The number of nitrogens with two attached hydrogens (primary N) is 1. The molecule has 2 heterocycles. The number of allylic oxidation sites excluding steroid dienone is 1. The zero-order chi connectivity index (χ0) is 21.3. The molecule has 9 nitrogen and oxygen atoms in total. The van der Waals surface area contributed by atoms with Crippen molar-refractivity contribution >= 4 is 11.7 Å². The number of non-ortho nitro benzene ring substituents is 1. The zero-order valence-electron chi connectivity index (χ0n) is 15.3. The van der Waals surface area contributed by atoms with Gasteiger partial charge >= 0.3 is 5.97 Å². The van der Waals surface area contributed by atoms with Gasteiger partial charge in [-0.3, -0.25) is 10.1 Å². The molecule has 4 rings (SSSR count). The van der Waals surface area contributed by atoms with E-state index in [0.717, 1.165) is 0 Å². The zero-order valence-corrected chi connectivity index (χ0v) is 15.3. The van der Waals surface area contributed by atoms with E-state index in [0.29, 0.717) is 16.9 Å². The van der Waals surface area contributed by atoms with Crippen LogP contribution in [0.1, 0.15) is 27.6 Å². The van der Waals surface area contributed by atoms with Crippen LogP contribution in [0.25, 0.3) is 0 Å². The maximum absolute atomic E-state index is 12.1. The number of carbonyl (C=O) groups excluding carboxylic acids is 1. The van der Waals surface area contributed by atoms with E-state index in [1.54, 1.807) is 30.3 Å². The van der Waals surface area contributed by atoms with Crippen molar-refractivity contribution in [3.8, 4) is 17.6 Å². The molecule has 1 unspecified atom stereocenters. The van der Waals surface area contributed by atoms with E-state index in [2.05, 4.69) is 0 Å². The number of ether oxygens (including phenoxy) is 2. The average molecular weight is 403 g/mol. The number of rotatable bonds is 4. The van der Waals surface area contributed by atoms with Crippen LogP contribution in [0.4, 0.5) is 5.69 Å². The fourth-order valence-corrected chi connectivity index (χ4v) is 3.18. The lowest BCUT2D eigenvalue weighted by Gasteiger charge is -2.26. The van der Waals surface area contributed by atoms with Crippen LogP contribution in [0.2, 0.25) is 0 Å². The number of fused-ring (bicyclic) bond motifs is 1. The summed E-state index contributed by atoms with van der Waals surface area (Å²) in [4.78, 5) is 22.5. The Morgan fingerprint density at radius 2 is 1.97 bits per heavy atom. The molecule has 0 bridgehead atoms. The molecular formula is C21H13N3O6. The maximum atomic E-state index is 12.1. The van der Waals surface area contributed by atoms with Crippen molar-refractivity contribution in [1.29, 1.82) is 5.26 Å². The fourth-order valence-electron chi connectivity index (χ4n) is 3.18. The molecule has 0 aliphatic carbocycles. The highest BCUT2D eigenvalue weighted by atomic mass is 16.6. The number of hydrogen-bond donors (Lipinski definition) is 1. The van der Waals surface area contributed by atoms with Gasteiger partial charge in [0.2, 0.25) is 11.6 Å². The lowest BCUT2D eigenvalue weighted by Crippen LogP contribution is -2.21. The van der Waals surface area contributed by atoms with Gasteiger partial charge in [-0.15, -0.1) is 0 Å². The van der Waals surface area contributed by atoms with E-state index in [4.69, 9.17) is 19.6 Å². The van der Waals surface area contributed by atoms with Crippen LogP contribution >= 0.6 is 0 Å². The molecule has 1 aliphatic heterocycles. The fraction of sp³-hybridized carbons (Fsp3) is 0.0476. The lowest BCUT2D eigenvalue weighted by molar-refractivity contribution is -0.384. The molecule has 30 heavy (non-hydrogen) atoms. The molecule has 9 heteroatoms. The second-order valence-corrected chi connectivity index (χ2v) is 6.34. The molecule has 0 fully saturated rings. The first-order chi connectivity index (χ1) is 14.5. The van der Waals surface area contributed by atoms with Crippen molar-refractivity contribution in [1.82, 2.24) is 0 Å². The first-order valence-electron chi connectivity index (χ1n) is 8.69. The van der Waals surface area contributed by atoms with Gasteiger partial charge in [-0.1, -0.05) is 18.2 Å². The van der Waals surface area contributed by atoms with E-state index >= 15 is 0 Å². The van der Waals surface area contributed by atoms with Crippen molar-refractivity contribution in [2.75, 3.05) is 0 Å². The number of nitriles is 1. The Bertz CT molecular complexity index is 1210. The van der Waals surface area contributed by atoms with Crippen LogP contribution in [-0.2, 0) is 0 Å². The van der Waals surface area contributed by atoms with Gasteiger partial charge < -0.3 is 19.6 Å². The Kier molecular flexibility index (Phi) is 4.66. The largest absolute Gasteiger partial charge is 0.457 e. The number of furan rings is 1. The van der Waals surface area contributed by atoms with Crippen molar-refractivity contribution in [3.63, 3.8) is 0 Å². The standard InChI is InChI=1S/C21H13N3O6/c22-11-16-19(12-3-5-13(6-4-12)24(26)27)15-8-7-14(10-18(15)30-20(16)23)29-21(25)17-2-1-9-28-17/h1-10,19H,23H2. The summed E-state index contributed by atoms with van der Waals surface area (Å²) < 4.78 is 15.9. The molecule has 2 N–H and O–H groups in total. The van der Waals surface area contributed by atoms with E-state index in [1.165, 1.54) is 30.5 Å². The lowest BCUT2D eigenvalue weighted by atomic mass is 9.83. The third-order valence-corrected chi connectivity index (χ3v) is 4.56. The minimum absolute atomic E-state index is 0.0450. The summed E-state index contributed by atoms with van der Waals surface area (Å²) in [6, 6.07) is 15.6. The molecule has 0 amide bonds. The summed E-state index contributed by atoms with van der Waals surface area (Å²) in [5, 5.41) is 20.5. The summed E-state index contributed by atoms with van der Waals surface area (Å²) in [6.07, 6.45) is 1.36. The van der Waals surface area contributed by atoms with Crippen LogP contribution in [-0.4, -0.2) is 10.9 Å². The number of nitrogens with zero attached hydrogens (tertiary/aromatic N) is 2. The Morgan fingerprint density at radius 3 is 2.60 bits per heavy atom. The quantitative estimate of drug-likeness (QED) is 0.301. The molecule has 0 saturated carbocycles. The highest BCUT2D eigenvalue weighted by Gasteiger charge is 2.31. The van der Waals surface area contributed by atoms with Gasteiger partial charge in [0, 0.05) is 23.8 Å². The summed E-state index contributed by atoms with van der Waals surface area (Å²) in [7, 11) is 0. The molecular weight excluding hydrogens is 390 g/mol. The van der Waals surface area contributed by atoms with E-state index in [-0.39, 0.29) is 28.7 Å². The minimum atomic E-state index is -0.677. The average Bonchev–Trinajstić information content (AvgIpc) is 3.28. The number of hydrogen-bond acceptors (Lipinski definition) is 8. The molecule has 1 aromatic heterocycles. The Hall–Kier alpha value is -4.58. The van der Waals surface area contributed by atoms with Crippen molar-refractivity contribution in [3.05, 3.63) is 99.3 Å². The number of nitro groups is 1. The summed E-state index contributed by atoms with van der Waals surface area (Å²) in [5.74, 6) is -0.810. The van der Waals surface area contributed by atoms with Crippen molar-refractivity contribution in [2.24, 2.45) is 5.73 Å². The first kappa shape index (κ1) is 18.8. The first-order valence-corrected chi connectivity index (χ1v) is 8.69. The molecule has 3 aromatic rings. The molecule has 0 saturated heterocycles. The van der Waals surface area contributed by atoms with E-state index in [9.17, 15) is 20.2 Å². The topological polar surface area (TPSA) is 142 Å². The van der Waals surface area contributed by atoms with Crippen molar-refractivity contribution < 1.29 is 23.6 Å². The third-order valence-electron chi connectivity index (χ3n) is 4.56. The Labute approximate surface area is 169 Å². The van der Waals surface area contributed by atoms with Gasteiger partial charge in [0.1, 0.15) is 23.1 Å². The summed E-state index contributed by atoms with van der Waals surface area (Å²) in [5.41, 5.74) is 7.29. The molecule has 0 radical (unpaired) electrons. The second-order valence-electron chi connectivity index (χ2n) is 6.34. The molecule has 1 atom stereocenters. The van der Waals surface area contributed by atoms with E-state index in [1.807, 2.05) is 6.07 Å². The number of nitro benzene ring substituents is 1. The summed E-state index contributed by atoms with van der Waals surface area (Å²) >= 11 is 0. The van der Waals surface area contributed by atoms with Crippen LogP contribution in [0.5, 0.6) is 11.5 Å². The van der Waals surface area contributed by atoms with Gasteiger partial charge in [0.25, 0.3) is 5.69 Å². The Morgan fingerprint density at radius 1 is 1.20 bits per heavy atom. The van der Waals surface area contributed by atoms with E-state index < -0.39 is 16.8 Å². The third kappa shape index (κ3) is 3.33. The predicted molar refractivity (Wildman–Crippen MR) is 103 cm³/mol.